The topological polar surface area (TPSA) is 47.6 Å². The van der Waals surface area contributed by atoms with E-state index in [1.807, 2.05) is 24.3 Å². The van der Waals surface area contributed by atoms with Gasteiger partial charge >= 0.3 is 0 Å². The Balaban J connectivity index is 1.76. The molecule has 6 heteroatoms. The summed E-state index contributed by atoms with van der Waals surface area (Å²) in [5.74, 6) is 1.09. The average molecular weight is 460 g/mol. The second-order valence-electron chi connectivity index (χ2n) is 4.46. The van der Waals surface area contributed by atoms with Crippen molar-refractivity contribution in [1.82, 2.24) is 5.32 Å². The second kappa shape index (κ2) is 6.23. The molecule has 0 radical (unpaired) electrons. The third-order valence-electron chi connectivity index (χ3n) is 3.10. The van der Waals surface area contributed by atoms with E-state index in [1.165, 1.54) is 0 Å². The zero-order valence-corrected chi connectivity index (χ0v) is 14.6. The standard InChI is InChI=1S/C15H11BrINO3/c16-11-6-14-13(20-8-21-14)5-10(11)15(19)18-7-9-3-1-2-4-12(9)17/h1-6H,7-8H2,(H,18,19). The molecule has 0 bridgehead atoms. The van der Waals surface area contributed by atoms with Crippen LogP contribution in [0.2, 0.25) is 0 Å². The van der Waals surface area contributed by atoms with Crippen LogP contribution in [-0.4, -0.2) is 12.7 Å². The molecule has 0 aromatic heterocycles. The average Bonchev–Trinajstić information content (AvgIpc) is 2.92. The Morgan fingerprint density at radius 2 is 1.95 bits per heavy atom. The smallest absolute Gasteiger partial charge is 0.252 e. The van der Waals surface area contributed by atoms with Crippen LogP contribution in [0.3, 0.4) is 0 Å². The van der Waals surface area contributed by atoms with Gasteiger partial charge in [0.15, 0.2) is 11.5 Å². The normalized spacial score (nSPS) is 12.3. The molecule has 1 amide bonds. The van der Waals surface area contributed by atoms with E-state index < -0.39 is 0 Å². The molecule has 2 aromatic rings. The van der Waals surface area contributed by atoms with Crippen molar-refractivity contribution >= 4 is 44.4 Å². The molecule has 0 atom stereocenters. The number of halogens is 2. The SMILES string of the molecule is O=C(NCc1ccccc1I)c1cc2c(cc1Br)OCO2. The highest BCUT2D eigenvalue weighted by Gasteiger charge is 2.19. The molecule has 1 aliphatic heterocycles. The highest BCUT2D eigenvalue weighted by molar-refractivity contribution is 14.1. The van der Waals surface area contributed by atoms with Gasteiger partial charge in [0.2, 0.25) is 6.79 Å². The predicted octanol–water partition coefficient (Wildman–Crippen LogP) is 3.71. The minimum Gasteiger partial charge on any atom is -0.454 e. The van der Waals surface area contributed by atoms with E-state index in [4.69, 9.17) is 9.47 Å². The van der Waals surface area contributed by atoms with E-state index in [9.17, 15) is 4.79 Å². The Bertz CT molecular complexity index is 705. The zero-order chi connectivity index (χ0) is 14.8. The third kappa shape index (κ3) is 3.16. The Hall–Kier alpha value is -1.28. The number of nitrogens with one attached hydrogen (secondary N) is 1. The van der Waals surface area contributed by atoms with Gasteiger partial charge in [-0.15, -0.1) is 0 Å². The maximum atomic E-state index is 12.3. The Morgan fingerprint density at radius 1 is 1.24 bits per heavy atom. The van der Waals surface area contributed by atoms with Crippen molar-refractivity contribution in [3.8, 4) is 11.5 Å². The fourth-order valence-electron chi connectivity index (χ4n) is 2.00. The molecule has 0 unspecified atom stereocenters. The Labute approximate surface area is 144 Å². The lowest BCUT2D eigenvalue weighted by Crippen LogP contribution is -2.23. The van der Waals surface area contributed by atoms with Gasteiger partial charge in [0.1, 0.15) is 0 Å². The molecule has 21 heavy (non-hydrogen) atoms. The van der Waals surface area contributed by atoms with Crippen molar-refractivity contribution < 1.29 is 14.3 Å². The summed E-state index contributed by atoms with van der Waals surface area (Å²) in [5, 5.41) is 2.92. The number of hydrogen-bond acceptors (Lipinski definition) is 3. The summed E-state index contributed by atoms with van der Waals surface area (Å²) in [4.78, 5) is 12.3. The van der Waals surface area contributed by atoms with Crippen molar-refractivity contribution in [1.29, 1.82) is 0 Å². The van der Waals surface area contributed by atoms with E-state index in [2.05, 4.69) is 43.8 Å². The number of fused-ring (bicyclic) bond motifs is 1. The van der Waals surface area contributed by atoms with Crippen LogP contribution in [-0.2, 0) is 6.54 Å². The van der Waals surface area contributed by atoms with Crippen LogP contribution in [0.15, 0.2) is 40.9 Å². The van der Waals surface area contributed by atoms with Crippen LogP contribution in [0.4, 0.5) is 0 Å². The van der Waals surface area contributed by atoms with Gasteiger partial charge in [0, 0.05) is 14.6 Å². The molecule has 0 saturated carbocycles. The van der Waals surface area contributed by atoms with Gasteiger partial charge in [-0.05, 0) is 62.3 Å². The van der Waals surface area contributed by atoms with E-state index >= 15 is 0 Å². The van der Waals surface area contributed by atoms with Crippen LogP contribution in [0, 0.1) is 3.57 Å². The number of carbonyl (C=O) groups excluding carboxylic acids is 1. The number of ether oxygens (including phenoxy) is 2. The lowest BCUT2D eigenvalue weighted by molar-refractivity contribution is 0.0949. The number of amides is 1. The lowest BCUT2D eigenvalue weighted by atomic mass is 10.1. The third-order valence-corrected chi connectivity index (χ3v) is 4.81. The van der Waals surface area contributed by atoms with E-state index in [1.54, 1.807) is 12.1 Å². The summed E-state index contributed by atoms with van der Waals surface area (Å²) < 4.78 is 12.4. The summed E-state index contributed by atoms with van der Waals surface area (Å²) >= 11 is 5.65. The van der Waals surface area contributed by atoms with Gasteiger partial charge in [0.25, 0.3) is 5.91 Å². The molecule has 0 spiro atoms. The van der Waals surface area contributed by atoms with Crippen LogP contribution < -0.4 is 14.8 Å². The van der Waals surface area contributed by atoms with E-state index in [0.717, 1.165) is 9.13 Å². The van der Waals surface area contributed by atoms with E-state index in [-0.39, 0.29) is 12.7 Å². The fraction of sp³-hybridized carbons (Fsp3) is 0.133. The van der Waals surface area contributed by atoms with Gasteiger partial charge in [0.05, 0.1) is 5.56 Å². The first kappa shape index (κ1) is 14.6. The summed E-state index contributed by atoms with van der Waals surface area (Å²) in [6, 6.07) is 11.4. The number of carbonyl (C=O) groups is 1. The Morgan fingerprint density at radius 3 is 2.71 bits per heavy atom. The van der Waals surface area contributed by atoms with Gasteiger partial charge in [-0.2, -0.15) is 0 Å². The van der Waals surface area contributed by atoms with Crippen LogP contribution >= 0.6 is 38.5 Å². The molecule has 4 nitrogen and oxygen atoms in total. The largest absolute Gasteiger partial charge is 0.454 e. The van der Waals surface area contributed by atoms with Gasteiger partial charge in [-0.3, -0.25) is 4.79 Å². The molecule has 2 aromatic carbocycles. The highest BCUT2D eigenvalue weighted by Crippen LogP contribution is 2.36. The number of hydrogen-bond donors (Lipinski definition) is 1. The molecular formula is C15H11BrINO3. The first-order valence-corrected chi connectivity index (χ1v) is 8.13. The number of benzene rings is 2. The van der Waals surface area contributed by atoms with Crippen LogP contribution in [0.1, 0.15) is 15.9 Å². The first-order valence-electron chi connectivity index (χ1n) is 6.26. The van der Waals surface area contributed by atoms with Gasteiger partial charge < -0.3 is 14.8 Å². The lowest BCUT2D eigenvalue weighted by Gasteiger charge is -2.09. The number of rotatable bonds is 3. The summed E-state index contributed by atoms with van der Waals surface area (Å²) in [6.07, 6.45) is 0. The minimum atomic E-state index is -0.153. The van der Waals surface area contributed by atoms with Crippen molar-refractivity contribution in [2.75, 3.05) is 6.79 Å². The van der Waals surface area contributed by atoms with Crippen molar-refractivity contribution in [2.24, 2.45) is 0 Å². The molecule has 0 saturated heterocycles. The fourth-order valence-corrected chi connectivity index (χ4v) is 3.08. The quantitative estimate of drug-likeness (QED) is 0.712. The molecule has 3 rings (SSSR count). The summed E-state index contributed by atoms with van der Waals surface area (Å²) in [5.41, 5.74) is 1.62. The van der Waals surface area contributed by atoms with Crippen molar-refractivity contribution in [3.05, 3.63) is 55.6 Å². The minimum absolute atomic E-state index is 0.153. The van der Waals surface area contributed by atoms with Crippen molar-refractivity contribution in [2.45, 2.75) is 6.54 Å². The van der Waals surface area contributed by atoms with Crippen LogP contribution in [0.5, 0.6) is 11.5 Å². The molecule has 0 aliphatic carbocycles. The molecule has 108 valence electrons. The summed E-state index contributed by atoms with van der Waals surface area (Å²) in [6.45, 7) is 0.674. The van der Waals surface area contributed by atoms with Crippen molar-refractivity contribution in [3.63, 3.8) is 0 Å². The molecule has 1 heterocycles. The molecule has 1 N–H and O–H groups in total. The maximum Gasteiger partial charge on any atom is 0.252 e. The first-order chi connectivity index (χ1) is 10.1. The van der Waals surface area contributed by atoms with Crippen LogP contribution in [0.25, 0.3) is 0 Å². The molecule has 0 fully saturated rings. The summed E-state index contributed by atoms with van der Waals surface area (Å²) in [7, 11) is 0. The van der Waals surface area contributed by atoms with Gasteiger partial charge in [-0.1, -0.05) is 18.2 Å². The molecular weight excluding hydrogens is 449 g/mol. The zero-order valence-electron chi connectivity index (χ0n) is 10.9. The maximum absolute atomic E-state index is 12.3. The Kier molecular flexibility index (Phi) is 4.34. The predicted molar refractivity (Wildman–Crippen MR) is 90.6 cm³/mol. The highest BCUT2D eigenvalue weighted by atomic mass is 127. The van der Waals surface area contributed by atoms with E-state index in [0.29, 0.717) is 28.1 Å². The second-order valence-corrected chi connectivity index (χ2v) is 6.48. The molecule has 1 aliphatic rings. The monoisotopic (exact) mass is 459 g/mol. The van der Waals surface area contributed by atoms with Gasteiger partial charge in [-0.25, -0.2) is 0 Å².